The van der Waals surface area contributed by atoms with Crippen LogP contribution in [0.3, 0.4) is 0 Å². The number of nitrogens with two attached hydrogens (primary N) is 1. The molecule has 0 saturated heterocycles. The maximum absolute atomic E-state index is 13.1. The maximum atomic E-state index is 13.1. The van der Waals surface area contributed by atoms with Crippen molar-refractivity contribution in [1.29, 1.82) is 0 Å². The number of anilines is 1. The van der Waals surface area contributed by atoms with E-state index in [0.717, 1.165) is 12.1 Å². The SMILES string of the molecule is COC(C)(C)CC(CN)Nc1ccc(F)c(Br)c1. The molecule has 5 heteroatoms. The van der Waals surface area contributed by atoms with Crippen molar-refractivity contribution in [3.63, 3.8) is 0 Å². The fraction of sp³-hybridized carbons (Fsp3) is 0.538. The molecular formula is C13H20BrFN2O. The zero-order valence-electron chi connectivity index (χ0n) is 11.0. The molecule has 0 spiro atoms. The van der Waals surface area contributed by atoms with Gasteiger partial charge in [0.1, 0.15) is 5.82 Å². The van der Waals surface area contributed by atoms with Gasteiger partial charge >= 0.3 is 0 Å². The van der Waals surface area contributed by atoms with Crippen molar-refractivity contribution < 1.29 is 9.13 Å². The van der Waals surface area contributed by atoms with Crippen molar-refractivity contribution in [2.45, 2.75) is 31.9 Å². The number of hydrogen-bond donors (Lipinski definition) is 2. The first kappa shape index (κ1) is 15.4. The number of hydrogen-bond acceptors (Lipinski definition) is 3. The largest absolute Gasteiger partial charge is 0.381 e. The Hall–Kier alpha value is -0.650. The first-order valence-electron chi connectivity index (χ1n) is 5.85. The molecule has 0 amide bonds. The Bertz CT molecular complexity index is 399. The van der Waals surface area contributed by atoms with Gasteiger partial charge in [0.15, 0.2) is 0 Å². The highest BCUT2D eigenvalue weighted by Crippen LogP contribution is 2.22. The van der Waals surface area contributed by atoms with Crippen LogP contribution in [0, 0.1) is 5.82 Å². The minimum absolute atomic E-state index is 0.0808. The molecule has 0 saturated carbocycles. The van der Waals surface area contributed by atoms with E-state index in [1.165, 1.54) is 6.07 Å². The standard InChI is InChI=1S/C13H20BrFN2O/c1-13(2,18-3)7-10(8-16)17-9-4-5-12(15)11(14)6-9/h4-6,10,17H,7-8,16H2,1-3H3. The van der Waals surface area contributed by atoms with Crippen LogP contribution < -0.4 is 11.1 Å². The van der Waals surface area contributed by atoms with Crippen LogP contribution in [0.5, 0.6) is 0 Å². The molecule has 1 aromatic rings. The second-order valence-corrected chi connectivity index (χ2v) is 5.73. The molecule has 0 bridgehead atoms. The lowest BCUT2D eigenvalue weighted by Crippen LogP contribution is -2.37. The Morgan fingerprint density at radius 3 is 2.67 bits per heavy atom. The predicted octanol–water partition coefficient (Wildman–Crippen LogP) is 3.14. The van der Waals surface area contributed by atoms with Crippen molar-refractivity contribution in [1.82, 2.24) is 0 Å². The Kier molecular flexibility index (Phi) is 5.56. The van der Waals surface area contributed by atoms with E-state index in [9.17, 15) is 4.39 Å². The van der Waals surface area contributed by atoms with E-state index in [1.807, 2.05) is 13.8 Å². The van der Waals surface area contributed by atoms with E-state index in [-0.39, 0.29) is 17.5 Å². The van der Waals surface area contributed by atoms with Crippen LogP contribution in [0.2, 0.25) is 0 Å². The van der Waals surface area contributed by atoms with Gasteiger partial charge in [-0.2, -0.15) is 0 Å². The molecule has 0 fully saturated rings. The van der Waals surface area contributed by atoms with Gasteiger partial charge < -0.3 is 15.8 Å². The molecule has 0 aliphatic rings. The van der Waals surface area contributed by atoms with Crippen molar-refractivity contribution in [3.8, 4) is 0 Å². The molecule has 1 atom stereocenters. The summed E-state index contributed by atoms with van der Waals surface area (Å²) in [6, 6.07) is 4.90. The molecule has 18 heavy (non-hydrogen) atoms. The minimum atomic E-state index is -0.276. The highest BCUT2D eigenvalue weighted by Gasteiger charge is 2.22. The maximum Gasteiger partial charge on any atom is 0.137 e. The van der Waals surface area contributed by atoms with E-state index >= 15 is 0 Å². The fourth-order valence-electron chi connectivity index (χ4n) is 1.69. The molecular weight excluding hydrogens is 299 g/mol. The summed E-state index contributed by atoms with van der Waals surface area (Å²) in [5.41, 5.74) is 6.34. The summed E-state index contributed by atoms with van der Waals surface area (Å²) in [7, 11) is 1.68. The summed E-state index contributed by atoms with van der Waals surface area (Å²) in [6.07, 6.45) is 0.773. The highest BCUT2D eigenvalue weighted by atomic mass is 79.9. The average molecular weight is 319 g/mol. The van der Waals surface area contributed by atoms with Crippen LogP contribution in [0.15, 0.2) is 22.7 Å². The van der Waals surface area contributed by atoms with E-state index in [0.29, 0.717) is 11.0 Å². The number of nitrogens with one attached hydrogen (secondary N) is 1. The number of rotatable bonds is 6. The van der Waals surface area contributed by atoms with Gasteiger partial charge in [-0.25, -0.2) is 4.39 Å². The molecule has 0 aromatic heterocycles. The lowest BCUT2D eigenvalue weighted by molar-refractivity contribution is 0.0122. The van der Waals surface area contributed by atoms with E-state index in [1.54, 1.807) is 19.2 Å². The third-order valence-electron chi connectivity index (χ3n) is 2.87. The van der Waals surface area contributed by atoms with Gasteiger partial charge in [-0.1, -0.05) is 0 Å². The molecule has 0 radical (unpaired) electrons. The van der Waals surface area contributed by atoms with Crippen LogP contribution in [-0.4, -0.2) is 25.3 Å². The van der Waals surface area contributed by atoms with Gasteiger partial charge in [0.25, 0.3) is 0 Å². The summed E-state index contributed by atoms with van der Waals surface area (Å²) >= 11 is 3.16. The van der Waals surface area contributed by atoms with Gasteiger partial charge in [0.2, 0.25) is 0 Å². The van der Waals surface area contributed by atoms with Crippen LogP contribution >= 0.6 is 15.9 Å². The second-order valence-electron chi connectivity index (χ2n) is 4.87. The summed E-state index contributed by atoms with van der Waals surface area (Å²) in [5.74, 6) is -0.276. The quantitative estimate of drug-likeness (QED) is 0.847. The molecule has 1 unspecified atom stereocenters. The molecule has 0 aliphatic heterocycles. The lowest BCUT2D eigenvalue weighted by Gasteiger charge is -2.29. The van der Waals surface area contributed by atoms with Gasteiger partial charge in [0, 0.05) is 25.4 Å². The summed E-state index contributed by atoms with van der Waals surface area (Å²) < 4.78 is 18.9. The topological polar surface area (TPSA) is 47.3 Å². The van der Waals surface area contributed by atoms with E-state index in [2.05, 4.69) is 21.2 Å². The molecule has 1 aromatic carbocycles. The normalized spacial score (nSPS) is 13.4. The van der Waals surface area contributed by atoms with Crippen LogP contribution in [0.25, 0.3) is 0 Å². The molecule has 1 rings (SSSR count). The van der Waals surface area contributed by atoms with Gasteiger partial charge in [-0.15, -0.1) is 0 Å². The Morgan fingerprint density at radius 2 is 2.17 bits per heavy atom. The van der Waals surface area contributed by atoms with E-state index < -0.39 is 0 Å². The molecule has 0 aliphatic carbocycles. The van der Waals surface area contributed by atoms with Gasteiger partial charge in [-0.3, -0.25) is 0 Å². The lowest BCUT2D eigenvalue weighted by atomic mass is 9.98. The van der Waals surface area contributed by atoms with E-state index in [4.69, 9.17) is 10.5 Å². The van der Waals surface area contributed by atoms with Crippen LogP contribution in [-0.2, 0) is 4.74 Å². The number of ether oxygens (including phenoxy) is 1. The number of benzene rings is 1. The Morgan fingerprint density at radius 1 is 1.50 bits per heavy atom. The first-order chi connectivity index (χ1) is 8.38. The van der Waals surface area contributed by atoms with Gasteiger partial charge in [0.05, 0.1) is 10.1 Å². The summed E-state index contributed by atoms with van der Waals surface area (Å²) in [5, 5.41) is 3.29. The van der Waals surface area contributed by atoms with Crippen LogP contribution in [0.4, 0.5) is 10.1 Å². The molecule has 0 heterocycles. The minimum Gasteiger partial charge on any atom is -0.381 e. The zero-order chi connectivity index (χ0) is 13.8. The van der Waals surface area contributed by atoms with Crippen molar-refractivity contribution in [2.75, 3.05) is 19.0 Å². The average Bonchev–Trinajstić information content (AvgIpc) is 2.33. The molecule has 3 nitrogen and oxygen atoms in total. The monoisotopic (exact) mass is 318 g/mol. The molecule has 3 N–H and O–H groups in total. The number of halogens is 2. The second kappa shape index (κ2) is 6.50. The summed E-state index contributed by atoms with van der Waals surface area (Å²) in [4.78, 5) is 0. The first-order valence-corrected chi connectivity index (χ1v) is 6.64. The predicted molar refractivity (Wildman–Crippen MR) is 76.3 cm³/mol. The van der Waals surface area contributed by atoms with Gasteiger partial charge in [-0.05, 0) is 54.4 Å². The Labute approximate surface area is 116 Å². The third-order valence-corrected chi connectivity index (χ3v) is 3.47. The van der Waals surface area contributed by atoms with Crippen molar-refractivity contribution >= 4 is 21.6 Å². The van der Waals surface area contributed by atoms with Crippen molar-refractivity contribution in [3.05, 3.63) is 28.5 Å². The number of methoxy groups -OCH3 is 1. The van der Waals surface area contributed by atoms with Crippen LogP contribution in [0.1, 0.15) is 20.3 Å². The highest BCUT2D eigenvalue weighted by molar-refractivity contribution is 9.10. The molecule has 102 valence electrons. The smallest absolute Gasteiger partial charge is 0.137 e. The summed E-state index contributed by atoms with van der Waals surface area (Å²) in [6.45, 7) is 4.51. The fourth-order valence-corrected chi connectivity index (χ4v) is 2.07. The third kappa shape index (κ3) is 4.55. The van der Waals surface area contributed by atoms with Crippen molar-refractivity contribution in [2.24, 2.45) is 5.73 Å². The zero-order valence-corrected chi connectivity index (χ0v) is 12.6. The Balaban J connectivity index is 2.71.